The molecule has 1 amide bonds. The standard InChI is InChI=1S/C14H21N3O2/c1-11-3-4-13(15-9-11)12(2)16-14(18)10-17-5-7-19-8-6-17/h3-4,9,12H,5-8,10H2,1-2H3,(H,16,18)/t12-/m1/s1. The fraction of sp³-hybridized carbons (Fsp3) is 0.571. The lowest BCUT2D eigenvalue weighted by Crippen LogP contribution is -2.43. The Morgan fingerprint density at radius 2 is 2.21 bits per heavy atom. The molecule has 1 aromatic rings. The highest BCUT2D eigenvalue weighted by molar-refractivity contribution is 5.78. The average molecular weight is 263 g/mol. The Balaban J connectivity index is 1.82. The number of carbonyl (C=O) groups is 1. The number of rotatable bonds is 4. The Kier molecular flexibility index (Phi) is 4.87. The van der Waals surface area contributed by atoms with E-state index >= 15 is 0 Å². The summed E-state index contributed by atoms with van der Waals surface area (Å²) in [4.78, 5) is 18.4. The maximum atomic E-state index is 11.9. The minimum Gasteiger partial charge on any atom is -0.379 e. The van der Waals surface area contributed by atoms with Crippen molar-refractivity contribution in [2.24, 2.45) is 0 Å². The largest absolute Gasteiger partial charge is 0.379 e. The number of nitrogens with one attached hydrogen (secondary N) is 1. The van der Waals surface area contributed by atoms with Crippen molar-refractivity contribution in [2.45, 2.75) is 19.9 Å². The number of carbonyl (C=O) groups excluding carboxylic acids is 1. The van der Waals surface area contributed by atoms with E-state index in [0.29, 0.717) is 19.8 Å². The molecule has 5 nitrogen and oxygen atoms in total. The van der Waals surface area contributed by atoms with Crippen LogP contribution in [0.4, 0.5) is 0 Å². The predicted molar refractivity (Wildman–Crippen MR) is 72.8 cm³/mol. The minimum absolute atomic E-state index is 0.0387. The summed E-state index contributed by atoms with van der Waals surface area (Å²) >= 11 is 0. The molecular weight excluding hydrogens is 242 g/mol. The smallest absolute Gasteiger partial charge is 0.234 e. The summed E-state index contributed by atoms with van der Waals surface area (Å²) in [5.41, 5.74) is 2.01. The lowest BCUT2D eigenvalue weighted by molar-refractivity contribution is -0.123. The number of pyridine rings is 1. The number of hydrogen-bond acceptors (Lipinski definition) is 4. The first-order valence-electron chi connectivity index (χ1n) is 6.67. The molecular formula is C14H21N3O2. The Hall–Kier alpha value is -1.46. The highest BCUT2D eigenvalue weighted by atomic mass is 16.5. The van der Waals surface area contributed by atoms with Crippen LogP contribution in [-0.4, -0.2) is 48.6 Å². The molecule has 0 aromatic carbocycles. The van der Waals surface area contributed by atoms with E-state index in [2.05, 4.69) is 15.2 Å². The summed E-state index contributed by atoms with van der Waals surface area (Å²) in [5, 5.41) is 2.98. The Morgan fingerprint density at radius 1 is 1.47 bits per heavy atom. The van der Waals surface area contributed by atoms with E-state index < -0.39 is 0 Å². The van der Waals surface area contributed by atoms with Crippen LogP contribution in [0.1, 0.15) is 24.2 Å². The first-order valence-corrected chi connectivity index (χ1v) is 6.67. The minimum atomic E-state index is -0.0610. The zero-order valence-electron chi connectivity index (χ0n) is 11.6. The third kappa shape index (κ3) is 4.29. The second kappa shape index (κ2) is 6.63. The number of ether oxygens (including phenoxy) is 1. The van der Waals surface area contributed by atoms with Gasteiger partial charge in [0.05, 0.1) is 31.5 Å². The fourth-order valence-corrected chi connectivity index (χ4v) is 2.06. The van der Waals surface area contributed by atoms with Crippen molar-refractivity contribution >= 4 is 5.91 Å². The van der Waals surface area contributed by atoms with E-state index in [4.69, 9.17) is 4.74 Å². The Morgan fingerprint density at radius 3 is 2.84 bits per heavy atom. The van der Waals surface area contributed by atoms with Gasteiger partial charge < -0.3 is 10.1 Å². The quantitative estimate of drug-likeness (QED) is 0.877. The SMILES string of the molecule is Cc1ccc([C@@H](C)NC(=O)CN2CCOCC2)nc1. The van der Waals surface area contributed by atoms with Crippen molar-refractivity contribution in [1.82, 2.24) is 15.2 Å². The van der Waals surface area contributed by atoms with Gasteiger partial charge in [0.15, 0.2) is 0 Å². The first kappa shape index (κ1) is 14.0. The van der Waals surface area contributed by atoms with Crippen LogP contribution in [-0.2, 0) is 9.53 Å². The van der Waals surface area contributed by atoms with Crippen LogP contribution < -0.4 is 5.32 Å². The summed E-state index contributed by atoms with van der Waals surface area (Å²) in [6.07, 6.45) is 1.82. The van der Waals surface area contributed by atoms with E-state index in [9.17, 15) is 4.79 Å². The lowest BCUT2D eigenvalue weighted by atomic mass is 10.2. The number of hydrogen-bond donors (Lipinski definition) is 1. The Bertz CT molecular complexity index is 413. The number of aromatic nitrogens is 1. The van der Waals surface area contributed by atoms with Crippen molar-refractivity contribution in [3.63, 3.8) is 0 Å². The zero-order chi connectivity index (χ0) is 13.7. The molecule has 0 unspecified atom stereocenters. The van der Waals surface area contributed by atoms with Gasteiger partial charge in [0.2, 0.25) is 5.91 Å². The second-order valence-corrected chi connectivity index (χ2v) is 4.94. The van der Waals surface area contributed by atoms with E-state index in [1.165, 1.54) is 0 Å². The van der Waals surface area contributed by atoms with Crippen LogP contribution in [0.2, 0.25) is 0 Å². The third-order valence-corrected chi connectivity index (χ3v) is 3.23. The van der Waals surface area contributed by atoms with E-state index in [1.807, 2.05) is 32.2 Å². The molecule has 1 aliphatic heterocycles. The van der Waals surface area contributed by atoms with Gasteiger partial charge in [-0.25, -0.2) is 0 Å². The van der Waals surface area contributed by atoms with Gasteiger partial charge >= 0.3 is 0 Å². The highest BCUT2D eigenvalue weighted by Crippen LogP contribution is 2.09. The highest BCUT2D eigenvalue weighted by Gasteiger charge is 2.16. The molecule has 0 aliphatic carbocycles. The average Bonchev–Trinajstić information content (AvgIpc) is 2.40. The molecule has 1 atom stereocenters. The molecule has 104 valence electrons. The summed E-state index contributed by atoms with van der Waals surface area (Å²) in [5.74, 6) is 0.0387. The zero-order valence-corrected chi connectivity index (χ0v) is 11.6. The number of nitrogens with zero attached hydrogens (tertiary/aromatic N) is 2. The third-order valence-electron chi connectivity index (χ3n) is 3.23. The number of morpholine rings is 1. The molecule has 19 heavy (non-hydrogen) atoms. The van der Waals surface area contributed by atoms with Gasteiger partial charge in [-0.3, -0.25) is 14.7 Å². The summed E-state index contributed by atoms with van der Waals surface area (Å²) in [6, 6.07) is 3.90. The second-order valence-electron chi connectivity index (χ2n) is 4.94. The van der Waals surface area contributed by atoms with Crippen LogP contribution in [0.15, 0.2) is 18.3 Å². The van der Waals surface area contributed by atoms with Crippen LogP contribution in [0.25, 0.3) is 0 Å². The molecule has 0 radical (unpaired) electrons. The van der Waals surface area contributed by atoms with Crippen molar-refractivity contribution in [3.8, 4) is 0 Å². The van der Waals surface area contributed by atoms with Gasteiger partial charge in [-0.1, -0.05) is 6.07 Å². The molecule has 1 N–H and O–H groups in total. The van der Waals surface area contributed by atoms with E-state index in [-0.39, 0.29) is 11.9 Å². The number of amides is 1. The maximum Gasteiger partial charge on any atom is 0.234 e. The molecule has 1 aliphatic rings. The van der Waals surface area contributed by atoms with Crippen molar-refractivity contribution in [3.05, 3.63) is 29.6 Å². The van der Waals surface area contributed by atoms with Crippen LogP contribution in [0, 0.1) is 6.92 Å². The van der Waals surface area contributed by atoms with Gasteiger partial charge in [0, 0.05) is 19.3 Å². The topological polar surface area (TPSA) is 54.5 Å². The molecule has 2 heterocycles. The van der Waals surface area contributed by atoms with Crippen molar-refractivity contribution in [1.29, 1.82) is 0 Å². The van der Waals surface area contributed by atoms with Gasteiger partial charge in [0.25, 0.3) is 0 Å². The van der Waals surface area contributed by atoms with E-state index in [1.54, 1.807) is 0 Å². The van der Waals surface area contributed by atoms with Gasteiger partial charge in [0.1, 0.15) is 0 Å². The Labute approximate surface area is 114 Å². The van der Waals surface area contributed by atoms with E-state index in [0.717, 1.165) is 24.3 Å². The maximum absolute atomic E-state index is 11.9. The summed E-state index contributed by atoms with van der Waals surface area (Å²) < 4.78 is 5.26. The monoisotopic (exact) mass is 263 g/mol. The molecule has 0 spiro atoms. The van der Waals surface area contributed by atoms with Crippen molar-refractivity contribution < 1.29 is 9.53 Å². The fourth-order valence-electron chi connectivity index (χ4n) is 2.06. The molecule has 0 saturated carbocycles. The summed E-state index contributed by atoms with van der Waals surface area (Å²) in [7, 11) is 0. The van der Waals surface area contributed by atoms with Crippen molar-refractivity contribution in [2.75, 3.05) is 32.8 Å². The van der Waals surface area contributed by atoms with Gasteiger partial charge in [-0.15, -0.1) is 0 Å². The summed E-state index contributed by atoms with van der Waals surface area (Å²) in [6.45, 7) is 7.45. The molecule has 5 heteroatoms. The molecule has 2 rings (SSSR count). The first-order chi connectivity index (χ1) is 9.15. The molecule has 1 fully saturated rings. The molecule has 1 aromatic heterocycles. The number of aryl methyl sites for hydroxylation is 1. The molecule has 1 saturated heterocycles. The lowest BCUT2D eigenvalue weighted by Gasteiger charge is -2.26. The van der Waals surface area contributed by atoms with Gasteiger partial charge in [-0.05, 0) is 25.5 Å². The van der Waals surface area contributed by atoms with Gasteiger partial charge in [-0.2, -0.15) is 0 Å². The van der Waals surface area contributed by atoms with Crippen LogP contribution >= 0.6 is 0 Å². The predicted octanol–water partition coefficient (Wildman–Crippen LogP) is 0.899. The van der Waals surface area contributed by atoms with Crippen LogP contribution in [0.3, 0.4) is 0 Å². The van der Waals surface area contributed by atoms with Crippen LogP contribution in [0.5, 0.6) is 0 Å². The normalized spacial score (nSPS) is 18.0. The molecule has 0 bridgehead atoms.